The van der Waals surface area contributed by atoms with Gasteiger partial charge in [-0.1, -0.05) is 35.4 Å². The molecule has 3 amide bonds. The number of nitrogens with zero attached hydrogens (tertiary/aromatic N) is 1. The van der Waals surface area contributed by atoms with Crippen molar-refractivity contribution in [2.24, 2.45) is 0 Å². The molecular formula is C34H50ClN3O10S. The van der Waals surface area contributed by atoms with Gasteiger partial charge in [-0.3, -0.25) is 14.3 Å². The number of halogens is 1. The molecule has 1 unspecified atom stereocenters. The van der Waals surface area contributed by atoms with Gasteiger partial charge >= 0.3 is 12.2 Å². The summed E-state index contributed by atoms with van der Waals surface area (Å²) < 4.78 is 41.2. The molecule has 0 aliphatic carbocycles. The van der Waals surface area contributed by atoms with Crippen molar-refractivity contribution in [2.75, 3.05) is 51.0 Å². The van der Waals surface area contributed by atoms with Crippen LogP contribution in [0.3, 0.4) is 0 Å². The van der Waals surface area contributed by atoms with E-state index in [4.69, 9.17) is 35.3 Å². The van der Waals surface area contributed by atoms with Gasteiger partial charge < -0.3 is 39.0 Å². The first kappa shape index (κ1) is 38.6. The number of hydrogen-bond acceptors (Lipinski definition) is 10. The quantitative estimate of drug-likeness (QED) is 0.241. The normalized spacial score (nSPS) is 32.8. The lowest BCUT2D eigenvalue weighted by molar-refractivity contribution is -0.326. The topological polar surface area (TPSA) is 162 Å². The fraction of sp³-hybridized carbons (Fsp3) is 0.618. The highest BCUT2D eigenvalue weighted by atomic mass is 35.5. The van der Waals surface area contributed by atoms with Crippen LogP contribution in [0, 0.1) is 0 Å². The minimum Gasteiger partial charge on any atom is -0.495 e. The number of ether oxygens (including phenoxy) is 5. The molecular weight excluding hydrogens is 678 g/mol. The number of rotatable bonds is 7. The number of allylic oxidation sites excluding steroid dienone is 3. The van der Waals surface area contributed by atoms with E-state index in [2.05, 4.69) is 10.6 Å². The first-order valence-corrected chi connectivity index (χ1v) is 19.4. The molecule has 6 atom stereocenters. The van der Waals surface area contributed by atoms with Crippen LogP contribution in [0.2, 0.25) is 5.02 Å². The van der Waals surface area contributed by atoms with Crippen molar-refractivity contribution in [1.82, 2.24) is 10.6 Å². The lowest BCUT2D eigenvalue weighted by atomic mass is 9.72. The Morgan fingerprint density at radius 3 is 2.55 bits per heavy atom. The van der Waals surface area contributed by atoms with Crippen molar-refractivity contribution in [1.29, 1.82) is 0 Å². The van der Waals surface area contributed by atoms with Crippen molar-refractivity contribution in [3.05, 3.63) is 46.5 Å². The molecule has 0 radical (unpaired) electrons. The van der Waals surface area contributed by atoms with E-state index in [0.717, 1.165) is 11.1 Å². The maximum atomic E-state index is 13.9. The Bertz CT molecular complexity index is 1540. The second kappa shape index (κ2) is 15.0. The standard InChI is InChI=1S/C34H50ClN3O10S/c1-21-11-9-12-25(45-6)34(42)19-27(47-31(41)37-34)33(3)20-32(2,48-33)26(46-30(40)36-13-10-14-49(7,8)43)18-28(39)38(4)23-16-22(15-21)17-24(44-5)29(23)35/h9,11-12,16-17,25-27,42,49H,10,13-15,18-20H2,1-8H3,(H,36,40)(H,37,41)/b12-9+,21-11+/t25-,26+,27+,32-,33?,34+/m1/s1. The Hall–Kier alpha value is -3.17. The molecule has 0 spiro atoms. The Morgan fingerprint density at radius 1 is 1.22 bits per heavy atom. The van der Waals surface area contributed by atoms with Gasteiger partial charge in [0.05, 0.1) is 19.2 Å². The molecule has 4 aliphatic rings. The molecule has 2 fully saturated rings. The third-order valence-corrected chi connectivity index (χ3v) is 11.0. The van der Waals surface area contributed by atoms with Crippen LogP contribution in [0.25, 0.3) is 0 Å². The van der Waals surface area contributed by atoms with E-state index >= 15 is 0 Å². The van der Waals surface area contributed by atoms with Gasteiger partial charge in [-0.2, -0.15) is 0 Å². The van der Waals surface area contributed by atoms with Crippen LogP contribution < -0.4 is 20.3 Å². The number of carbonyl (C=O) groups excluding carboxylic acids is 3. The van der Waals surface area contributed by atoms with Gasteiger partial charge in [0.1, 0.15) is 40.3 Å². The summed E-state index contributed by atoms with van der Waals surface area (Å²) >= 11 is 6.71. The van der Waals surface area contributed by atoms with Crippen LogP contribution >= 0.6 is 11.6 Å². The minimum atomic E-state index is -2.26. The number of amides is 3. The van der Waals surface area contributed by atoms with Crippen LogP contribution in [0.5, 0.6) is 5.75 Å². The van der Waals surface area contributed by atoms with Crippen molar-refractivity contribution in [3.63, 3.8) is 0 Å². The van der Waals surface area contributed by atoms with Crippen LogP contribution in [0.1, 0.15) is 52.0 Å². The summed E-state index contributed by atoms with van der Waals surface area (Å²) in [5.74, 6) is 0.432. The highest BCUT2D eigenvalue weighted by Gasteiger charge is 2.63. The van der Waals surface area contributed by atoms with E-state index in [9.17, 15) is 23.7 Å². The molecule has 2 saturated heterocycles. The van der Waals surface area contributed by atoms with Crippen LogP contribution in [0.4, 0.5) is 15.3 Å². The first-order chi connectivity index (χ1) is 22.8. The number of anilines is 1. The fourth-order valence-corrected chi connectivity index (χ4v) is 7.95. The Morgan fingerprint density at radius 2 is 1.92 bits per heavy atom. The molecule has 6 bridgehead atoms. The van der Waals surface area contributed by atoms with E-state index in [-0.39, 0.29) is 30.8 Å². The maximum absolute atomic E-state index is 13.9. The van der Waals surface area contributed by atoms with Crippen molar-refractivity contribution in [3.8, 4) is 5.75 Å². The largest absolute Gasteiger partial charge is 0.495 e. The monoisotopic (exact) mass is 727 g/mol. The molecule has 3 N–H and O–H groups in total. The predicted octanol–water partition coefficient (Wildman–Crippen LogP) is 3.66. The average molecular weight is 728 g/mol. The molecule has 4 aliphatic heterocycles. The number of fused-ring (bicyclic) bond motifs is 6. The second-order valence-corrected chi connectivity index (χ2v) is 18.0. The van der Waals surface area contributed by atoms with Gasteiger partial charge in [-0.05, 0) is 63.8 Å². The van der Waals surface area contributed by atoms with E-state index in [1.165, 1.54) is 19.1 Å². The molecule has 4 heterocycles. The van der Waals surface area contributed by atoms with Gasteiger partial charge in [-0.15, -0.1) is 9.93 Å². The number of benzene rings is 1. The van der Waals surface area contributed by atoms with E-state index in [1.54, 1.807) is 57.7 Å². The van der Waals surface area contributed by atoms with Gasteiger partial charge in [0.2, 0.25) is 5.91 Å². The number of thiol groups is 1. The molecule has 0 saturated carbocycles. The summed E-state index contributed by atoms with van der Waals surface area (Å²) in [6.45, 7) is 5.61. The second-order valence-electron chi connectivity index (χ2n) is 14.0. The van der Waals surface area contributed by atoms with Gasteiger partial charge in [-0.25, -0.2) is 9.59 Å². The van der Waals surface area contributed by atoms with E-state index in [0.29, 0.717) is 30.0 Å². The van der Waals surface area contributed by atoms with Crippen LogP contribution in [-0.2, 0) is 40.1 Å². The minimum absolute atomic E-state index is 0.0760. The summed E-state index contributed by atoms with van der Waals surface area (Å²) in [4.78, 5) is 41.2. The maximum Gasteiger partial charge on any atom is 0.409 e. The zero-order chi connectivity index (χ0) is 36.4. The highest BCUT2D eigenvalue weighted by Crippen LogP contribution is 2.50. The van der Waals surface area contributed by atoms with Crippen molar-refractivity contribution < 1.29 is 47.4 Å². The molecule has 1 aromatic carbocycles. The van der Waals surface area contributed by atoms with Gasteiger partial charge in [0, 0.05) is 39.3 Å². The van der Waals surface area contributed by atoms with Crippen molar-refractivity contribution >= 4 is 45.3 Å². The number of hydrogen-bond donors (Lipinski definition) is 4. The lowest BCUT2D eigenvalue weighted by Gasteiger charge is -2.59. The third-order valence-electron chi connectivity index (χ3n) is 9.26. The molecule has 1 aromatic rings. The number of nitrogens with one attached hydrogen (secondary N) is 2. The third kappa shape index (κ3) is 9.14. The summed E-state index contributed by atoms with van der Waals surface area (Å²) in [6.07, 6.45) is 4.90. The number of carbonyl (C=O) groups is 3. The zero-order valence-electron chi connectivity index (χ0n) is 29.5. The van der Waals surface area contributed by atoms with E-state index < -0.39 is 63.3 Å². The Balaban J connectivity index is 1.72. The molecule has 274 valence electrons. The van der Waals surface area contributed by atoms with Crippen molar-refractivity contribution in [2.45, 2.75) is 88.1 Å². The summed E-state index contributed by atoms with van der Waals surface area (Å²) in [5.41, 5.74) is -1.96. The number of alkyl carbamates (subject to hydrolysis) is 2. The molecule has 0 aromatic heterocycles. The smallest absolute Gasteiger partial charge is 0.409 e. The predicted molar refractivity (Wildman–Crippen MR) is 188 cm³/mol. The van der Waals surface area contributed by atoms with Gasteiger partial charge in [0.25, 0.3) is 0 Å². The van der Waals surface area contributed by atoms with E-state index in [1.807, 2.05) is 13.0 Å². The average Bonchev–Trinajstić information content (AvgIpc) is 2.99. The first-order valence-electron chi connectivity index (χ1n) is 16.2. The highest BCUT2D eigenvalue weighted by molar-refractivity contribution is 8.01. The number of aliphatic hydroxyl groups is 1. The number of methoxy groups -OCH3 is 2. The molecule has 15 heteroatoms. The molecule has 49 heavy (non-hydrogen) atoms. The summed E-state index contributed by atoms with van der Waals surface area (Å²) in [6, 6.07) is 3.60. The summed E-state index contributed by atoms with van der Waals surface area (Å²) in [5, 5.41) is 17.1. The summed E-state index contributed by atoms with van der Waals surface area (Å²) in [7, 11) is 2.24. The zero-order valence-corrected chi connectivity index (χ0v) is 31.1. The fourth-order valence-electron chi connectivity index (χ4n) is 6.72. The van der Waals surface area contributed by atoms with Gasteiger partial charge in [0.15, 0.2) is 5.72 Å². The Kier molecular flexibility index (Phi) is 11.8. The van der Waals surface area contributed by atoms with Crippen LogP contribution in [0.15, 0.2) is 35.9 Å². The molecule has 13 nitrogen and oxygen atoms in total. The van der Waals surface area contributed by atoms with Crippen LogP contribution in [-0.4, -0.2) is 109 Å². The SMILES string of the molecule is COc1cc2cc(c1Cl)N(C)C(=O)C[C@H](OC(=O)NCCC[SH](C)(C)=O)[C@@]1(C)CC(C)(O1)[C@@H]1C[C@@](O)(NC(=O)O1)[C@H](OC)/C=C/C=C(\C)C2. The molecule has 5 rings (SSSR count). The lowest BCUT2D eigenvalue weighted by Crippen LogP contribution is -2.72. The Labute approximate surface area is 294 Å².